The zero-order valence-electron chi connectivity index (χ0n) is 10.1. The van der Waals surface area contributed by atoms with Crippen LogP contribution >= 0.6 is 27.3 Å². The van der Waals surface area contributed by atoms with Gasteiger partial charge in [-0.2, -0.15) is 5.26 Å². The van der Waals surface area contributed by atoms with E-state index in [1.807, 2.05) is 17.5 Å². The number of carbonyl (C=O) groups is 1. The van der Waals surface area contributed by atoms with Crippen molar-refractivity contribution >= 4 is 44.9 Å². The molecule has 1 N–H and O–H groups in total. The molecule has 0 aliphatic rings. The number of anilines is 1. The Morgan fingerprint density at radius 2 is 2.10 bits per heavy atom. The molecule has 2 aromatic rings. The summed E-state index contributed by atoms with van der Waals surface area (Å²) in [6, 6.07) is 9.01. The predicted molar refractivity (Wildman–Crippen MR) is 80.6 cm³/mol. The Hall–Kier alpha value is -1.97. The Kier molecular flexibility index (Phi) is 4.66. The Morgan fingerprint density at radius 3 is 2.65 bits per heavy atom. The summed E-state index contributed by atoms with van der Waals surface area (Å²) in [5, 5.41) is 13.4. The van der Waals surface area contributed by atoms with Crippen LogP contribution in [0.5, 0.6) is 0 Å². The second-order valence-corrected chi connectivity index (χ2v) is 5.66. The van der Waals surface area contributed by atoms with Crippen molar-refractivity contribution in [3.8, 4) is 6.07 Å². The zero-order valence-corrected chi connectivity index (χ0v) is 12.5. The molecular weight excluding hydrogens is 343 g/mol. The lowest BCUT2D eigenvalue weighted by Gasteiger charge is -2.03. The van der Waals surface area contributed by atoms with Crippen LogP contribution in [0.2, 0.25) is 0 Å². The van der Waals surface area contributed by atoms with E-state index in [4.69, 9.17) is 5.26 Å². The van der Waals surface area contributed by atoms with Crippen LogP contribution in [0.3, 0.4) is 0 Å². The quantitative estimate of drug-likeness (QED) is 0.666. The highest BCUT2D eigenvalue weighted by Gasteiger charge is 2.10. The van der Waals surface area contributed by atoms with Crippen molar-refractivity contribution in [1.29, 1.82) is 5.26 Å². The van der Waals surface area contributed by atoms with E-state index >= 15 is 0 Å². The molecule has 20 heavy (non-hydrogen) atoms. The Bertz CT molecular complexity index is 701. The van der Waals surface area contributed by atoms with Crippen molar-refractivity contribution in [3.63, 3.8) is 0 Å². The summed E-state index contributed by atoms with van der Waals surface area (Å²) in [5.74, 6) is -0.911. The fourth-order valence-electron chi connectivity index (χ4n) is 1.43. The van der Waals surface area contributed by atoms with Crippen molar-refractivity contribution in [2.24, 2.45) is 0 Å². The van der Waals surface area contributed by atoms with Crippen molar-refractivity contribution in [2.75, 3.05) is 5.32 Å². The molecule has 0 saturated heterocycles. The molecule has 1 aromatic heterocycles. The van der Waals surface area contributed by atoms with Crippen molar-refractivity contribution < 1.29 is 9.18 Å². The lowest BCUT2D eigenvalue weighted by Crippen LogP contribution is -2.13. The van der Waals surface area contributed by atoms with Crippen LogP contribution in [0.15, 0.2) is 45.8 Å². The summed E-state index contributed by atoms with van der Waals surface area (Å²) >= 11 is 4.72. The van der Waals surface area contributed by atoms with Gasteiger partial charge in [0.1, 0.15) is 17.5 Å². The third-order valence-electron chi connectivity index (χ3n) is 2.34. The molecule has 0 atom stereocenters. The number of thiophene rings is 1. The Morgan fingerprint density at radius 1 is 1.40 bits per heavy atom. The van der Waals surface area contributed by atoms with Gasteiger partial charge in [0.25, 0.3) is 5.91 Å². The molecule has 0 spiro atoms. The van der Waals surface area contributed by atoms with E-state index in [2.05, 4.69) is 21.2 Å². The highest BCUT2D eigenvalue weighted by atomic mass is 79.9. The number of nitrogens with one attached hydrogen (secondary N) is 1. The summed E-state index contributed by atoms with van der Waals surface area (Å²) in [5.41, 5.74) is 0.425. The SMILES string of the molecule is N#C/C(=C\c1cc(Br)cs1)C(=O)Nc1ccc(F)cc1. The molecule has 3 nitrogen and oxygen atoms in total. The van der Waals surface area contributed by atoms with E-state index in [9.17, 15) is 9.18 Å². The number of hydrogen-bond acceptors (Lipinski definition) is 3. The molecule has 0 saturated carbocycles. The van der Waals surface area contributed by atoms with Crippen LogP contribution in [-0.2, 0) is 4.79 Å². The first-order chi connectivity index (χ1) is 9.58. The van der Waals surface area contributed by atoms with E-state index in [-0.39, 0.29) is 11.4 Å². The third-order valence-corrected chi connectivity index (χ3v) is 3.98. The number of benzene rings is 1. The van der Waals surface area contributed by atoms with Crippen LogP contribution in [-0.4, -0.2) is 5.91 Å². The number of hydrogen-bond donors (Lipinski definition) is 1. The fourth-order valence-corrected chi connectivity index (χ4v) is 2.80. The first kappa shape index (κ1) is 14.4. The summed E-state index contributed by atoms with van der Waals surface area (Å²) in [7, 11) is 0. The van der Waals surface area contributed by atoms with E-state index in [1.165, 1.54) is 41.7 Å². The molecule has 6 heteroatoms. The molecule has 1 heterocycles. The van der Waals surface area contributed by atoms with Crippen LogP contribution in [0, 0.1) is 17.1 Å². The molecule has 0 aliphatic heterocycles. The molecule has 0 radical (unpaired) electrons. The summed E-state index contributed by atoms with van der Waals surface area (Å²) in [6.07, 6.45) is 1.51. The summed E-state index contributed by atoms with van der Waals surface area (Å²) in [4.78, 5) is 12.7. The Balaban J connectivity index is 2.16. The van der Waals surface area contributed by atoms with Gasteiger partial charge in [0.05, 0.1) is 0 Å². The second kappa shape index (κ2) is 6.46. The maximum atomic E-state index is 12.8. The number of amides is 1. The fraction of sp³-hybridized carbons (Fsp3) is 0. The maximum absolute atomic E-state index is 12.8. The van der Waals surface area contributed by atoms with E-state index in [0.717, 1.165) is 9.35 Å². The van der Waals surface area contributed by atoms with Crippen LogP contribution in [0.4, 0.5) is 10.1 Å². The van der Waals surface area contributed by atoms with Gasteiger partial charge in [-0.15, -0.1) is 11.3 Å². The average Bonchev–Trinajstić information content (AvgIpc) is 2.84. The van der Waals surface area contributed by atoms with E-state index < -0.39 is 5.91 Å². The molecular formula is C14H8BrFN2OS. The first-order valence-electron chi connectivity index (χ1n) is 5.51. The molecule has 0 bridgehead atoms. The third kappa shape index (κ3) is 3.76. The summed E-state index contributed by atoms with van der Waals surface area (Å²) in [6.45, 7) is 0. The van der Waals surface area contributed by atoms with E-state index in [1.54, 1.807) is 0 Å². The Labute approximate surface area is 127 Å². The van der Waals surface area contributed by atoms with E-state index in [0.29, 0.717) is 5.69 Å². The van der Waals surface area contributed by atoms with Gasteiger partial charge in [-0.25, -0.2) is 4.39 Å². The largest absolute Gasteiger partial charge is 0.321 e. The predicted octanol–water partition coefficient (Wildman–Crippen LogP) is 4.20. The minimum atomic E-state index is -0.524. The van der Waals surface area contributed by atoms with Gasteiger partial charge in [0.2, 0.25) is 0 Å². The van der Waals surface area contributed by atoms with Crippen molar-refractivity contribution in [2.45, 2.75) is 0 Å². The first-order valence-corrected chi connectivity index (χ1v) is 7.18. The standard InChI is InChI=1S/C14H8BrFN2OS/c15-10-6-13(20-8-10)5-9(7-17)14(19)18-12-3-1-11(16)2-4-12/h1-6,8H,(H,18,19)/b9-5+. The molecule has 0 unspecified atom stereocenters. The number of halogens is 2. The van der Waals surface area contributed by atoms with Gasteiger partial charge in [-0.1, -0.05) is 0 Å². The molecule has 100 valence electrons. The number of nitrogens with zero attached hydrogens (tertiary/aromatic N) is 1. The van der Waals surface area contributed by atoms with Crippen LogP contribution in [0.1, 0.15) is 4.88 Å². The monoisotopic (exact) mass is 350 g/mol. The van der Waals surface area contributed by atoms with Crippen molar-refractivity contribution in [1.82, 2.24) is 0 Å². The van der Waals surface area contributed by atoms with Gasteiger partial charge in [0.15, 0.2) is 0 Å². The minimum absolute atomic E-state index is 0.0105. The van der Waals surface area contributed by atoms with Crippen LogP contribution in [0.25, 0.3) is 6.08 Å². The highest BCUT2D eigenvalue weighted by molar-refractivity contribution is 9.10. The second-order valence-electron chi connectivity index (χ2n) is 3.80. The topological polar surface area (TPSA) is 52.9 Å². The number of rotatable bonds is 3. The maximum Gasteiger partial charge on any atom is 0.266 e. The normalized spacial score (nSPS) is 10.9. The highest BCUT2D eigenvalue weighted by Crippen LogP contribution is 2.22. The molecule has 2 rings (SSSR count). The zero-order chi connectivity index (χ0) is 14.5. The number of carbonyl (C=O) groups excluding carboxylic acids is 1. The smallest absolute Gasteiger partial charge is 0.266 e. The van der Waals surface area contributed by atoms with Gasteiger partial charge < -0.3 is 5.32 Å². The van der Waals surface area contributed by atoms with Gasteiger partial charge in [-0.05, 0) is 52.3 Å². The average molecular weight is 351 g/mol. The molecule has 1 aromatic carbocycles. The lowest BCUT2D eigenvalue weighted by molar-refractivity contribution is -0.112. The molecule has 0 fully saturated rings. The van der Waals surface area contributed by atoms with Crippen molar-refractivity contribution in [3.05, 3.63) is 56.5 Å². The molecule has 0 aliphatic carbocycles. The van der Waals surface area contributed by atoms with Crippen LogP contribution < -0.4 is 5.32 Å². The minimum Gasteiger partial charge on any atom is -0.321 e. The van der Waals surface area contributed by atoms with Gasteiger partial charge >= 0.3 is 0 Å². The molecule has 1 amide bonds. The number of nitriles is 1. The van der Waals surface area contributed by atoms with Gasteiger partial charge in [-0.3, -0.25) is 4.79 Å². The van der Waals surface area contributed by atoms with Gasteiger partial charge in [0, 0.05) is 20.4 Å². The summed E-state index contributed by atoms with van der Waals surface area (Å²) < 4.78 is 13.7. The lowest BCUT2D eigenvalue weighted by atomic mass is 10.2.